The molecule has 18 heavy (non-hydrogen) atoms. The minimum absolute atomic E-state index is 0.494. The van der Waals surface area contributed by atoms with Crippen molar-refractivity contribution in [3.05, 3.63) is 0 Å². The fourth-order valence-electron chi connectivity index (χ4n) is 2.81. The summed E-state index contributed by atoms with van der Waals surface area (Å²) in [5.74, 6) is 1.13. The zero-order valence-electron chi connectivity index (χ0n) is 11.0. The molecule has 2 heterocycles. The van der Waals surface area contributed by atoms with Crippen LogP contribution in [0.25, 0.3) is 0 Å². The molecule has 0 aliphatic carbocycles. The second-order valence-corrected chi connectivity index (χ2v) is 8.19. The van der Waals surface area contributed by atoms with Gasteiger partial charge in [0.25, 0.3) is 10.2 Å². The van der Waals surface area contributed by atoms with E-state index in [0.29, 0.717) is 38.0 Å². The Labute approximate surface area is 119 Å². The Hall–Kier alpha value is 0.350. The molecule has 2 fully saturated rings. The van der Waals surface area contributed by atoms with E-state index >= 15 is 0 Å². The number of alkyl halides is 1. The summed E-state index contributed by atoms with van der Waals surface area (Å²) in [5, 5.41) is 0.988. The molecule has 0 aromatic heterocycles. The molecule has 0 aromatic carbocycles. The second kappa shape index (κ2) is 6.20. The SMILES string of the molecule is CC1CCCN(S(=O)(=O)N2CCC(CBr)CC2)C1. The highest BCUT2D eigenvalue weighted by atomic mass is 79.9. The minimum Gasteiger partial charge on any atom is -0.195 e. The van der Waals surface area contributed by atoms with Crippen LogP contribution >= 0.6 is 15.9 Å². The van der Waals surface area contributed by atoms with Crippen molar-refractivity contribution >= 4 is 26.1 Å². The number of nitrogens with zero attached hydrogens (tertiary/aromatic N) is 2. The molecule has 4 nitrogen and oxygen atoms in total. The molecule has 1 unspecified atom stereocenters. The van der Waals surface area contributed by atoms with E-state index in [1.807, 2.05) is 0 Å². The van der Waals surface area contributed by atoms with Crippen molar-refractivity contribution in [2.75, 3.05) is 31.5 Å². The third-order valence-corrected chi connectivity index (χ3v) is 6.98. The van der Waals surface area contributed by atoms with Gasteiger partial charge in [0.05, 0.1) is 0 Å². The zero-order chi connectivity index (χ0) is 13.2. The van der Waals surface area contributed by atoms with E-state index in [9.17, 15) is 8.42 Å². The molecule has 0 N–H and O–H groups in total. The Balaban J connectivity index is 1.98. The standard InChI is InChI=1S/C12H23BrN2O2S/c1-11-3-2-6-15(10-11)18(16,17)14-7-4-12(9-13)5-8-14/h11-12H,2-10H2,1H3. The summed E-state index contributed by atoms with van der Waals surface area (Å²) in [4.78, 5) is 0. The normalized spacial score (nSPS) is 29.6. The van der Waals surface area contributed by atoms with Gasteiger partial charge in [-0.15, -0.1) is 0 Å². The Morgan fingerprint density at radius 2 is 1.78 bits per heavy atom. The summed E-state index contributed by atoms with van der Waals surface area (Å²) in [7, 11) is -3.20. The van der Waals surface area contributed by atoms with Crippen LogP contribution in [0.2, 0.25) is 0 Å². The summed E-state index contributed by atoms with van der Waals surface area (Å²) in [6, 6.07) is 0. The average molecular weight is 339 g/mol. The molecule has 0 amide bonds. The van der Waals surface area contributed by atoms with Gasteiger partial charge in [-0.2, -0.15) is 17.0 Å². The topological polar surface area (TPSA) is 40.6 Å². The molecule has 0 radical (unpaired) electrons. The van der Waals surface area contributed by atoms with Crippen LogP contribution in [0.4, 0.5) is 0 Å². The van der Waals surface area contributed by atoms with Gasteiger partial charge >= 0.3 is 0 Å². The third kappa shape index (κ3) is 3.26. The maximum Gasteiger partial charge on any atom is 0.281 e. The summed E-state index contributed by atoms with van der Waals surface area (Å²) >= 11 is 3.49. The van der Waals surface area contributed by atoms with E-state index < -0.39 is 10.2 Å². The van der Waals surface area contributed by atoms with E-state index in [0.717, 1.165) is 31.0 Å². The molecular weight excluding hydrogens is 316 g/mol. The largest absolute Gasteiger partial charge is 0.281 e. The molecule has 6 heteroatoms. The molecule has 0 bridgehead atoms. The molecular formula is C12H23BrN2O2S. The van der Waals surface area contributed by atoms with Gasteiger partial charge in [-0.3, -0.25) is 0 Å². The van der Waals surface area contributed by atoms with Crippen LogP contribution in [-0.4, -0.2) is 48.5 Å². The molecule has 2 rings (SSSR count). The predicted molar refractivity (Wildman–Crippen MR) is 77.0 cm³/mol. The van der Waals surface area contributed by atoms with Gasteiger partial charge < -0.3 is 0 Å². The van der Waals surface area contributed by atoms with Crippen molar-refractivity contribution in [2.24, 2.45) is 11.8 Å². The van der Waals surface area contributed by atoms with Crippen molar-refractivity contribution in [3.8, 4) is 0 Å². The first-order chi connectivity index (χ1) is 8.54. The van der Waals surface area contributed by atoms with E-state index in [1.165, 1.54) is 0 Å². The Morgan fingerprint density at radius 3 is 2.33 bits per heavy atom. The monoisotopic (exact) mass is 338 g/mol. The van der Waals surface area contributed by atoms with Crippen molar-refractivity contribution in [1.29, 1.82) is 0 Å². The lowest BCUT2D eigenvalue weighted by Gasteiger charge is -2.37. The van der Waals surface area contributed by atoms with Crippen LogP contribution in [0.3, 0.4) is 0 Å². The maximum absolute atomic E-state index is 12.5. The molecule has 1 atom stereocenters. The Morgan fingerprint density at radius 1 is 1.11 bits per heavy atom. The highest BCUT2D eigenvalue weighted by Crippen LogP contribution is 2.25. The summed E-state index contributed by atoms with van der Waals surface area (Å²) in [5.41, 5.74) is 0. The van der Waals surface area contributed by atoms with Crippen molar-refractivity contribution < 1.29 is 8.42 Å². The second-order valence-electron chi connectivity index (χ2n) is 5.61. The summed E-state index contributed by atoms with van der Waals surface area (Å²) in [6.07, 6.45) is 4.11. The number of rotatable bonds is 3. The summed E-state index contributed by atoms with van der Waals surface area (Å²) < 4.78 is 28.4. The predicted octanol–water partition coefficient (Wildman–Crippen LogP) is 2.07. The van der Waals surface area contributed by atoms with Crippen LogP contribution < -0.4 is 0 Å². The molecule has 106 valence electrons. The van der Waals surface area contributed by atoms with Gasteiger partial charge in [0.15, 0.2) is 0 Å². The van der Waals surface area contributed by atoms with Gasteiger partial charge in [-0.25, -0.2) is 0 Å². The number of hydrogen-bond donors (Lipinski definition) is 0. The molecule has 2 saturated heterocycles. The Bertz CT molecular complexity index is 366. The average Bonchev–Trinajstić information content (AvgIpc) is 2.39. The van der Waals surface area contributed by atoms with Crippen molar-refractivity contribution in [3.63, 3.8) is 0 Å². The lowest BCUT2D eigenvalue weighted by atomic mass is 10.0. The van der Waals surface area contributed by atoms with Crippen LogP contribution in [0.1, 0.15) is 32.6 Å². The lowest BCUT2D eigenvalue weighted by molar-refractivity contribution is 0.234. The van der Waals surface area contributed by atoms with Crippen LogP contribution in [0.15, 0.2) is 0 Å². The smallest absolute Gasteiger partial charge is 0.195 e. The fourth-order valence-corrected chi connectivity index (χ4v) is 5.26. The summed E-state index contributed by atoms with van der Waals surface area (Å²) in [6.45, 7) is 4.90. The zero-order valence-corrected chi connectivity index (χ0v) is 13.4. The molecule has 0 spiro atoms. The highest BCUT2D eigenvalue weighted by molar-refractivity contribution is 9.09. The number of hydrogen-bond acceptors (Lipinski definition) is 2. The first-order valence-corrected chi connectivity index (χ1v) is 9.37. The van der Waals surface area contributed by atoms with E-state index in [1.54, 1.807) is 8.61 Å². The van der Waals surface area contributed by atoms with Gasteiger partial charge in [0.2, 0.25) is 0 Å². The van der Waals surface area contributed by atoms with E-state index in [2.05, 4.69) is 22.9 Å². The first kappa shape index (κ1) is 14.8. The minimum atomic E-state index is -3.20. The van der Waals surface area contributed by atoms with Crippen LogP contribution in [-0.2, 0) is 10.2 Å². The molecule has 2 aliphatic rings. The van der Waals surface area contributed by atoms with Gasteiger partial charge in [-0.05, 0) is 37.5 Å². The number of piperidine rings is 2. The molecule has 0 saturated carbocycles. The van der Waals surface area contributed by atoms with Crippen molar-refractivity contribution in [2.45, 2.75) is 32.6 Å². The number of halogens is 1. The maximum atomic E-state index is 12.5. The van der Waals surface area contributed by atoms with Crippen molar-refractivity contribution in [1.82, 2.24) is 8.61 Å². The highest BCUT2D eigenvalue weighted by Gasteiger charge is 2.34. The quantitative estimate of drug-likeness (QED) is 0.739. The molecule has 0 aromatic rings. The van der Waals surface area contributed by atoms with Crippen LogP contribution in [0.5, 0.6) is 0 Å². The fraction of sp³-hybridized carbons (Fsp3) is 1.00. The van der Waals surface area contributed by atoms with Gasteiger partial charge in [0.1, 0.15) is 0 Å². The van der Waals surface area contributed by atoms with Gasteiger partial charge in [-0.1, -0.05) is 22.9 Å². The van der Waals surface area contributed by atoms with E-state index in [-0.39, 0.29) is 0 Å². The van der Waals surface area contributed by atoms with Gasteiger partial charge in [0, 0.05) is 31.5 Å². The first-order valence-electron chi connectivity index (χ1n) is 6.85. The third-order valence-electron chi connectivity index (χ3n) is 4.06. The van der Waals surface area contributed by atoms with E-state index in [4.69, 9.17) is 0 Å². The lowest BCUT2D eigenvalue weighted by Crippen LogP contribution is -2.50. The van der Waals surface area contributed by atoms with Crippen LogP contribution in [0, 0.1) is 11.8 Å². The molecule has 2 aliphatic heterocycles. The Kier molecular flexibility index (Phi) is 5.08.